The second-order valence-electron chi connectivity index (χ2n) is 4.31. The van der Waals surface area contributed by atoms with E-state index in [9.17, 15) is 14.5 Å². The molecule has 1 atom stereocenters. The van der Waals surface area contributed by atoms with Crippen molar-refractivity contribution in [1.29, 1.82) is 0 Å². The van der Waals surface area contributed by atoms with Gasteiger partial charge in [-0.25, -0.2) is 0 Å². The zero-order valence-corrected chi connectivity index (χ0v) is 11.4. The molecule has 0 heterocycles. The van der Waals surface area contributed by atoms with Crippen LogP contribution in [-0.4, -0.2) is 9.75 Å². The summed E-state index contributed by atoms with van der Waals surface area (Å²) in [5.41, 5.74) is -0.0394. The lowest BCUT2D eigenvalue weighted by Crippen LogP contribution is -2.09. The van der Waals surface area contributed by atoms with Gasteiger partial charge in [0.2, 0.25) is 5.82 Å². The molecule has 0 fully saturated rings. The van der Waals surface area contributed by atoms with Gasteiger partial charge < -0.3 is 0 Å². The minimum Gasteiger partial charge on any atom is -0.258 e. The quantitative estimate of drug-likeness (QED) is 0.467. The van der Waals surface area contributed by atoms with E-state index in [1.165, 1.54) is 12.1 Å². The Morgan fingerprint density at radius 1 is 1.47 bits per heavy atom. The van der Waals surface area contributed by atoms with Crippen molar-refractivity contribution in [3.8, 4) is 0 Å². The fraction of sp³-hybridized carbons (Fsp3) is 0.500. The third kappa shape index (κ3) is 3.77. The number of nitro groups is 1. The Kier molecular flexibility index (Phi) is 5.05. The maximum atomic E-state index is 13.7. The zero-order valence-electron chi connectivity index (χ0n) is 9.82. The van der Waals surface area contributed by atoms with E-state index in [-0.39, 0.29) is 0 Å². The number of hydrogen-bond acceptors (Lipinski definition) is 2. The third-order valence-electron chi connectivity index (χ3n) is 2.67. The van der Waals surface area contributed by atoms with Crippen LogP contribution in [0.1, 0.15) is 25.8 Å². The summed E-state index contributed by atoms with van der Waals surface area (Å²) in [6, 6.07) is 4.31. The summed E-state index contributed by atoms with van der Waals surface area (Å²) in [4.78, 5) is 10.2. The highest BCUT2D eigenvalue weighted by molar-refractivity contribution is 9.09. The van der Waals surface area contributed by atoms with Crippen molar-refractivity contribution in [2.24, 2.45) is 5.92 Å². The van der Waals surface area contributed by atoms with Gasteiger partial charge in [0.05, 0.1) is 4.92 Å². The minimum absolute atomic E-state index is 0.293. The van der Waals surface area contributed by atoms with E-state index in [1.807, 2.05) is 0 Å². The van der Waals surface area contributed by atoms with E-state index in [0.29, 0.717) is 22.7 Å². The van der Waals surface area contributed by atoms with Crippen molar-refractivity contribution >= 4 is 21.6 Å². The molecular weight excluding hydrogens is 289 g/mol. The van der Waals surface area contributed by atoms with Crippen LogP contribution in [0.5, 0.6) is 0 Å². The van der Waals surface area contributed by atoms with Crippen LogP contribution in [0.4, 0.5) is 10.1 Å². The first-order valence-corrected chi connectivity index (χ1v) is 6.41. The molecule has 0 aromatic heterocycles. The Bertz CT molecular complexity index is 409. The van der Waals surface area contributed by atoms with E-state index in [1.54, 1.807) is 6.07 Å². The summed E-state index contributed by atoms with van der Waals surface area (Å²) in [5.74, 6) is -0.252. The molecule has 0 aliphatic rings. The fourth-order valence-electron chi connectivity index (χ4n) is 1.53. The molecule has 1 aromatic carbocycles. The number of halogens is 2. The van der Waals surface area contributed by atoms with Gasteiger partial charge in [0.15, 0.2) is 0 Å². The monoisotopic (exact) mass is 303 g/mol. The minimum atomic E-state index is -0.707. The van der Waals surface area contributed by atoms with Crippen molar-refractivity contribution in [2.75, 3.05) is 0 Å². The summed E-state index contributed by atoms with van der Waals surface area (Å²) in [6.07, 6.45) is 1.26. The van der Waals surface area contributed by atoms with Crippen molar-refractivity contribution < 1.29 is 9.31 Å². The molecule has 0 saturated heterocycles. The molecule has 0 N–H and O–H groups in total. The molecule has 0 saturated carbocycles. The Morgan fingerprint density at radius 3 is 2.65 bits per heavy atom. The second kappa shape index (κ2) is 6.10. The number of aryl methyl sites for hydroxylation is 1. The Morgan fingerprint density at radius 2 is 2.12 bits per heavy atom. The van der Waals surface area contributed by atoms with Gasteiger partial charge in [-0.15, -0.1) is 0 Å². The predicted octanol–water partition coefficient (Wildman–Crippen LogP) is 4.09. The van der Waals surface area contributed by atoms with Crippen molar-refractivity contribution in [3.63, 3.8) is 0 Å². The van der Waals surface area contributed by atoms with E-state index >= 15 is 0 Å². The topological polar surface area (TPSA) is 43.1 Å². The highest BCUT2D eigenvalue weighted by Gasteiger charge is 2.18. The van der Waals surface area contributed by atoms with Gasteiger partial charge in [0.25, 0.3) is 0 Å². The van der Waals surface area contributed by atoms with Gasteiger partial charge in [-0.2, -0.15) is 4.39 Å². The van der Waals surface area contributed by atoms with E-state index < -0.39 is 16.4 Å². The lowest BCUT2D eigenvalue weighted by Gasteiger charge is -2.13. The Labute approximate surface area is 108 Å². The first-order chi connectivity index (χ1) is 7.93. The summed E-state index contributed by atoms with van der Waals surface area (Å²) in [7, 11) is 0. The Balaban J connectivity index is 2.79. The summed E-state index contributed by atoms with van der Waals surface area (Å²) < 4.78 is 13.7. The SMILES string of the molecule is CC(C)C(Br)CCc1cccc([N+](=O)[O-])c1F. The highest BCUT2D eigenvalue weighted by Crippen LogP contribution is 2.24. The standard InChI is InChI=1S/C12H15BrFNO2/c1-8(2)10(13)7-6-9-4-3-5-11(12(9)14)15(16)17/h3-5,8,10H,6-7H2,1-2H3. The van der Waals surface area contributed by atoms with Crippen molar-refractivity contribution in [1.82, 2.24) is 0 Å². The summed E-state index contributed by atoms with van der Waals surface area (Å²) in [6.45, 7) is 4.15. The molecule has 1 unspecified atom stereocenters. The molecule has 94 valence electrons. The second-order valence-corrected chi connectivity index (χ2v) is 5.48. The van der Waals surface area contributed by atoms with Gasteiger partial charge in [0.1, 0.15) is 0 Å². The van der Waals surface area contributed by atoms with Gasteiger partial charge in [-0.3, -0.25) is 10.1 Å². The number of benzene rings is 1. The van der Waals surface area contributed by atoms with Crippen LogP contribution in [0.2, 0.25) is 0 Å². The van der Waals surface area contributed by atoms with Crippen LogP contribution in [0, 0.1) is 21.8 Å². The predicted molar refractivity (Wildman–Crippen MR) is 68.9 cm³/mol. The molecule has 5 heteroatoms. The molecule has 1 aromatic rings. The first-order valence-electron chi connectivity index (χ1n) is 5.49. The first kappa shape index (κ1) is 14.1. The van der Waals surface area contributed by atoms with Gasteiger partial charge in [0, 0.05) is 10.9 Å². The van der Waals surface area contributed by atoms with E-state index in [2.05, 4.69) is 29.8 Å². The average Bonchev–Trinajstić information content (AvgIpc) is 2.26. The Hall–Kier alpha value is -0.970. The molecular formula is C12H15BrFNO2. The molecule has 0 spiro atoms. The number of alkyl halides is 1. The largest absolute Gasteiger partial charge is 0.305 e. The lowest BCUT2D eigenvalue weighted by molar-refractivity contribution is -0.387. The van der Waals surface area contributed by atoms with Crippen molar-refractivity contribution in [3.05, 3.63) is 39.7 Å². The molecule has 0 radical (unpaired) electrons. The molecule has 0 aliphatic carbocycles. The van der Waals surface area contributed by atoms with Crippen LogP contribution < -0.4 is 0 Å². The number of nitrogens with zero attached hydrogens (tertiary/aromatic N) is 1. The maximum absolute atomic E-state index is 13.7. The smallest absolute Gasteiger partial charge is 0.258 e. The van der Waals surface area contributed by atoms with Gasteiger partial charge >= 0.3 is 5.69 Å². The summed E-state index contributed by atoms with van der Waals surface area (Å²) >= 11 is 3.52. The third-order valence-corrected chi connectivity index (χ3v) is 4.18. The summed E-state index contributed by atoms with van der Waals surface area (Å²) in [5, 5.41) is 10.6. The number of rotatable bonds is 5. The van der Waals surface area contributed by atoms with E-state index in [4.69, 9.17) is 0 Å². The van der Waals surface area contributed by atoms with Crippen LogP contribution >= 0.6 is 15.9 Å². The zero-order chi connectivity index (χ0) is 13.0. The molecule has 1 rings (SSSR count). The molecule has 0 aliphatic heterocycles. The fourth-order valence-corrected chi connectivity index (χ4v) is 1.76. The van der Waals surface area contributed by atoms with Crippen LogP contribution in [0.15, 0.2) is 18.2 Å². The average molecular weight is 304 g/mol. The highest BCUT2D eigenvalue weighted by atomic mass is 79.9. The lowest BCUT2D eigenvalue weighted by atomic mass is 10.0. The van der Waals surface area contributed by atoms with Gasteiger partial charge in [-0.1, -0.05) is 41.9 Å². The molecule has 0 bridgehead atoms. The van der Waals surface area contributed by atoms with Crippen LogP contribution in [0.25, 0.3) is 0 Å². The molecule has 3 nitrogen and oxygen atoms in total. The van der Waals surface area contributed by atoms with Crippen LogP contribution in [-0.2, 0) is 6.42 Å². The molecule has 17 heavy (non-hydrogen) atoms. The van der Waals surface area contributed by atoms with Crippen LogP contribution in [0.3, 0.4) is 0 Å². The van der Waals surface area contributed by atoms with Gasteiger partial charge in [-0.05, 0) is 24.3 Å². The maximum Gasteiger partial charge on any atom is 0.305 e. The number of nitro benzene ring substituents is 1. The van der Waals surface area contributed by atoms with Crippen molar-refractivity contribution in [2.45, 2.75) is 31.5 Å². The normalized spacial score (nSPS) is 12.8. The van der Waals surface area contributed by atoms with E-state index in [0.717, 1.165) is 6.42 Å². The number of hydrogen-bond donors (Lipinski definition) is 0. The molecule has 0 amide bonds.